The first-order chi connectivity index (χ1) is 29.3. The van der Waals surface area contributed by atoms with Crippen LogP contribution in [0.1, 0.15) is 6.85 Å². The minimum atomic E-state index is -0.132. The van der Waals surface area contributed by atoms with Gasteiger partial charge in [-0.2, -0.15) is 0 Å². The molecule has 0 saturated heterocycles. The quantitative estimate of drug-likeness (QED) is 0.177. The van der Waals surface area contributed by atoms with Gasteiger partial charge in [0.1, 0.15) is 5.01 Å². The van der Waals surface area contributed by atoms with E-state index in [0.29, 0.717) is 11.6 Å². The molecule has 0 aliphatic carbocycles. The molecule has 0 saturated carbocycles. The Labute approximate surface area is 327 Å². The molecular formula is C51H31N3S. The Morgan fingerprint density at radius 3 is 1.93 bits per heavy atom. The van der Waals surface area contributed by atoms with Gasteiger partial charge in [-0.15, -0.1) is 11.3 Å². The summed E-state index contributed by atoms with van der Waals surface area (Å²) in [5.74, 6) is 0. The lowest BCUT2D eigenvalue weighted by Crippen LogP contribution is -1.96. The first kappa shape index (κ1) is 25.9. The van der Waals surface area contributed by atoms with Gasteiger partial charge in [0, 0.05) is 43.9 Å². The molecule has 0 N–H and O–H groups in total. The fourth-order valence-electron chi connectivity index (χ4n) is 8.42. The Bertz CT molecular complexity index is 3740. The third kappa shape index (κ3) is 4.59. The van der Waals surface area contributed by atoms with Gasteiger partial charge in [0.15, 0.2) is 0 Å². The molecule has 0 fully saturated rings. The number of nitrogens with zero attached hydrogens (tertiary/aromatic N) is 3. The summed E-state index contributed by atoms with van der Waals surface area (Å²) in [5, 5.41) is 9.53. The largest absolute Gasteiger partial charge is 0.309 e. The van der Waals surface area contributed by atoms with E-state index in [-0.39, 0.29) is 35.4 Å². The molecule has 0 bridgehead atoms. The predicted molar refractivity (Wildman–Crippen MR) is 234 cm³/mol. The van der Waals surface area contributed by atoms with Gasteiger partial charge >= 0.3 is 0 Å². The third-order valence-corrected chi connectivity index (χ3v) is 12.0. The van der Waals surface area contributed by atoms with Gasteiger partial charge in [0.25, 0.3) is 0 Å². The summed E-state index contributed by atoms with van der Waals surface area (Å²) >= 11 is 1.70. The summed E-state index contributed by atoms with van der Waals surface area (Å²) in [6.07, 6.45) is 0. The zero-order valence-corrected chi connectivity index (χ0v) is 30.1. The third-order valence-electron chi connectivity index (χ3n) is 10.9. The average Bonchev–Trinajstić information content (AvgIpc) is 3.96. The van der Waals surface area contributed by atoms with Crippen LogP contribution in [0.4, 0.5) is 0 Å². The molecule has 55 heavy (non-hydrogen) atoms. The number of para-hydroxylation sites is 1. The van der Waals surface area contributed by atoms with E-state index < -0.39 is 0 Å². The van der Waals surface area contributed by atoms with Crippen molar-refractivity contribution in [2.24, 2.45) is 0 Å². The highest BCUT2D eigenvalue weighted by Gasteiger charge is 2.20. The fraction of sp³-hybridized carbons (Fsp3) is 0. The molecular weight excluding hydrogens is 687 g/mol. The smallest absolute Gasteiger partial charge is 0.124 e. The van der Waals surface area contributed by atoms with Gasteiger partial charge in [-0.1, -0.05) is 121 Å². The van der Waals surface area contributed by atoms with Crippen LogP contribution in [0.3, 0.4) is 0 Å². The van der Waals surface area contributed by atoms with Crippen molar-refractivity contribution >= 4 is 86.7 Å². The van der Waals surface area contributed by atoms with Crippen LogP contribution in [0, 0.1) is 0 Å². The van der Waals surface area contributed by atoms with E-state index in [2.05, 4.69) is 120 Å². The molecule has 0 radical (unpaired) electrons. The lowest BCUT2D eigenvalue weighted by atomic mass is 10.0. The first-order valence-corrected chi connectivity index (χ1v) is 19.1. The van der Waals surface area contributed by atoms with Crippen LogP contribution in [-0.4, -0.2) is 14.1 Å². The predicted octanol–water partition coefficient (Wildman–Crippen LogP) is 14.1. The van der Waals surface area contributed by atoms with Crippen molar-refractivity contribution < 1.29 is 6.85 Å². The van der Waals surface area contributed by atoms with Gasteiger partial charge < -0.3 is 9.13 Å². The second-order valence-corrected chi connectivity index (χ2v) is 15.0. The second-order valence-electron chi connectivity index (χ2n) is 14.0. The van der Waals surface area contributed by atoms with Crippen LogP contribution >= 0.6 is 11.3 Å². The summed E-state index contributed by atoms with van der Waals surface area (Å²) < 4.78 is 50.8. The van der Waals surface area contributed by atoms with Crippen LogP contribution in [0.15, 0.2) is 188 Å². The highest BCUT2D eigenvalue weighted by atomic mass is 32.1. The van der Waals surface area contributed by atoms with Crippen LogP contribution in [0.5, 0.6) is 0 Å². The van der Waals surface area contributed by atoms with Crippen LogP contribution in [0.2, 0.25) is 0 Å². The van der Waals surface area contributed by atoms with Crippen molar-refractivity contribution in [1.29, 1.82) is 0 Å². The van der Waals surface area contributed by atoms with Crippen molar-refractivity contribution in [3.8, 4) is 33.1 Å². The van der Waals surface area contributed by atoms with Gasteiger partial charge in [0.05, 0.1) is 39.1 Å². The lowest BCUT2D eigenvalue weighted by molar-refractivity contribution is 1.16. The maximum Gasteiger partial charge on any atom is 0.124 e. The number of hydrogen-bond acceptors (Lipinski definition) is 2. The molecule has 0 atom stereocenters. The lowest BCUT2D eigenvalue weighted by Gasteiger charge is -2.11. The molecule has 3 aromatic heterocycles. The number of rotatable bonds is 4. The number of benzene rings is 9. The summed E-state index contributed by atoms with van der Waals surface area (Å²) in [7, 11) is 0. The van der Waals surface area contributed by atoms with E-state index in [0.717, 1.165) is 86.2 Å². The number of hydrogen-bond donors (Lipinski definition) is 0. The first-order valence-electron chi connectivity index (χ1n) is 20.8. The molecule has 0 aliphatic heterocycles. The standard InChI is InChI=1S/C51H31N3S/c1-2-10-32(11-3-1)33-18-24-38(25-19-33)54-45-28-22-34-12-4-6-14-39(34)49(45)43-30-42-41-16-8-9-17-44(41)53(46(42)31-47(43)54)37-26-20-36(21-27-37)51-52-50-40-15-7-5-13-35(40)23-29-48(50)55-51/h1-31H/i1D,18D,19D,24D,25D. The molecule has 0 aliphatic rings. The van der Waals surface area contributed by atoms with E-state index in [4.69, 9.17) is 6.35 Å². The second kappa shape index (κ2) is 11.7. The Kier molecular flexibility index (Phi) is 5.53. The van der Waals surface area contributed by atoms with Crippen molar-refractivity contribution in [2.75, 3.05) is 0 Å². The van der Waals surface area contributed by atoms with Crippen LogP contribution in [0.25, 0.3) is 108 Å². The monoisotopic (exact) mass is 722 g/mol. The molecule has 12 rings (SSSR count). The maximum absolute atomic E-state index is 9.49. The number of aromatic nitrogens is 3. The Balaban J connectivity index is 1.12. The van der Waals surface area contributed by atoms with E-state index in [1.54, 1.807) is 35.6 Å². The fourth-order valence-corrected chi connectivity index (χ4v) is 9.41. The highest BCUT2D eigenvalue weighted by Crippen LogP contribution is 2.42. The maximum atomic E-state index is 9.49. The summed E-state index contributed by atoms with van der Waals surface area (Å²) in [5.41, 5.74) is 7.57. The molecule has 4 heteroatoms. The number of fused-ring (bicyclic) bond motifs is 11. The molecule has 0 amide bonds. The Hall–Kier alpha value is -7.01. The minimum absolute atomic E-state index is 0.129. The minimum Gasteiger partial charge on any atom is -0.309 e. The average molecular weight is 723 g/mol. The molecule has 3 heterocycles. The molecule has 3 nitrogen and oxygen atoms in total. The van der Waals surface area contributed by atoms with Crippen molar-refractivity contribution in [3.63, 3.8) is 0 Å². The molecule has 0 spiro atoms. The van der Waals surface area contributed by atoms with Crippen LogP contribution < -0.4 is 0 Å². The Morgan fingerprint density at radius 1 is 0.436 bits per heavy atom. The van der Waals surface area contributed by atoms with Crippen molar-refractivity contribution in [1.82, 2.24) is 14.1 Å². The van der Waals surface area contributed by atoms with Gasteiger partial charge in [-0.3, -0.25) is 0 Å². The van der Waals surface area contributed by atoms with E-state index >= 15 is 0 Å². The molecule has 0 unspecified atom stereocenters. The normalized spacial score (nSPS) is 13.3. The zero-order chi connectivity index (χ0) is 40.4. The molecule has 9 aromatic carbocycles. The topological polar surface area (TPSA) is 22.8 Å². The molecule has 12 aromatic rings. The zero-order valence-electron chi connectivity index (χ0n) is 34.3. The van der Waals surface area contributed by atoms with E-state index in [1.165, 1.54) is 5.39 Å². The van der Waals surface area contributed by atoms with Gasteiger partial charge in [0.2, 0.25) is 0 Å². The summed E-state index contributed by atoms with van der Waals surface area (Å²) in [4.78, 5) is 5.11. The summed E-state index contributed by atoms with van der Waals surface area (Å²) in [6.45, 7) is 0. The van der Waals surface area contributed by atoms with Gasteiger partial charge in [-0.25, -0.2) is 4.98 Å². The Morgan fingerprint density at radius 2 is 1.11 bits per heavy atom. The number of thiazole rings is 1. The van der Waals surface area contributed by atoms with Crippen molar-refractivity contribution in [2.45, 2.75) is 0 Å². The highest BCUT2D eigenvalue weighted by molar-refractivity contribution is 7.21. The van der Waals surface area contributed by atoms with E-state index in [9.17, 15) is 5.48 Å². The SMILES string of the molecule is [2H]c1ccc(-c2c([2H])c([2H])c(-n3c4cc5c(cc4c4c6ccccc6ccc43)c3ccccc3n5-c3ccc(-c4nc5c(ccc6ccccc65)s4)cc3)c([2H])c2[2H])cc1. The van der Waals surface area contributed by atoms with Crippen LogP contribution in [-0.2, 0) is 0 Å². The summed E-state index contributed by atoms with van der Waals surface area (Å²) in [6, 6.07) is 52.8. The van der Waals surface area contributed by atoms with E-state index in [1.807, 2.05) is 22.8 Å². The van der Waals surface area contributed by atoms with Crippen molar-refractivity contribution in [3.05, 3.63) is 188 Å². The van der Waals surface area contributed by atoms with Gasteiger partial charge in [-0.05, 0) is 94.0 Å². The molecule has 256 valence electrons.